The second-order valence-corrected chi connectivity index (χ2v) is 15.0. The molecule has 0 aromatic rings. The summed E-state index contributed by atoms with van der Waals surface area (Å²) >= 11 is 0. The molecule has 2 bridgehead atoms. The van der Waals surface area contributed by atoms with Crippen molar-refractivity contribution in [1.29, 1.82) is 0 Å². The van der Waals surface area contributed by atoms with E-state index in [2.05, 4.69) is 39.3 Å². The predicted molar refractivity (Wildman–Crippen MR) is 96.5 cm³/mol. The normalized spacial score (nSPS) is 32.3. The molecule has 0 spiro atoms. The number of rotatable bonds is 8. The standard InChI is InChI=1S/C15H34O3Si3/c1-19(2)16-13-9-12-7-8-15(13,10-12)11-14(17-20(3)4)18-21(5)6/h12-14,19-21H,7-11H2,1-6H3. The first kappa shape index (κ1) is 17.9. The predicted octanol–water partition coefficient (Wildman–Crippen LogP) is 3.26. The van der Waals surface area contributed by atoms with Gasteiger partial charge in [-0.3, -0.25) is 0 Å². The van der Waals surface area contributed by atoms with E-state index >= 15 is 0 Å². The Balaban J connectivity index is 2.04. The van der Waals surface area contributed by atoms with E-state index in [4.69, 9.17) is 13.3 Å². The van der Waals surface area contributed by atoms with Crippen LogP contribution in [0, 0.1) is 11.3 Å². The van der Waals surface area contributed by atoms with Crippen LogP contribution in [0.1, 0.15) is 32.1 Å². The lowest BCUT2D eigenvalue weighted by molar-refractivity contribution is -0.0605. The van der Waals surface area contributed by atoms with Crippen molar-refractivity contribution in [1.82, 2.24) is 0 Å². The number of hydrogen-bond acceptors (Lipinski definition) is 3. The van der Waals surface area contributed by atoms with Gasteiger partial charge in [0, 0.05) is 11.8 Å². The van der Waals surface area contributed by atoms with Crippen LogP contribution in [0.3, 0.4) is 0 Å². The SMILES string of the molecule is C[SiH](C)OC(CC12CCC(CC1O[SiH](C)C)C2)O[SiH](C)C. The molecule has 0 saturated heterocycles. The molecule has 2 saturated carbocycles. The molecule has 124 valence electrons. The highest BCUT2D eigenvalue weighted by atomic mass is 28.3. The average Bonchev–Trinajstić information content (AvgIpc) is 2.83. The fourth-order valence-corrected chi connectivity index (χ4v) is 6.95. The maximum absolute atomic E-state index is 6.41. The molecule has 3 atom stereocenters. The third-order valence-electron chi connectivity index (χ3n) is 4.83. The van der Waals surface area contributed by atoms with Gasteiger partial charge in [0.05, 0.1) is 6.10 Å². The maximum atomic E-state index is 6.41. The molecule has 2 aliphatic rings. The summed E-state index contributed by atoms with van der Waals surface area (Å²) in [7, 11) is -3.09. The third kappa shape index (κ3) is 4.75. The van der Waals surface area contributed by atoms with Crippen LogP contribution in [-0.2, 0) is 13.3 Å². The summed E-state index contributed by atoms with van der Waals surface area (Å²) in [6.07, 6.45) is 6.96. The van der Waals surface area contributed by atoms with Crippen LogP contribution < -0.4 is 0 Å². The van der Waals surface area contributed by atoms with Crippen molar-refractivity contribution in [2.45, 2.75) is 83.8 Å². The van der Waals surface area contributed by atoms with Crippen LogP contribution in [-0.4, -0.2) is 39.5 Å². The van der Waals surface area contributed by atoms with Crippen LogP contribution in [0.15, 0.2) is 0 Å². The summed E-state index contributed by atoms with van der Waals surface area (Å²) in [5, 5.41) is 0. The molecule has 0 aromatic carbocycles. The van der Waals surface area contributed by atoms with E-state index in [-0.39, 0.29) is 6.29 Å². The molecule has 0 aromatic heterocycles. The average molecular weight is 347 g/mol. The first-order chi connectivity index (χ1) is 9.80. The second-order valence-electron chi connectivity index (χ2n) is 7.88. The topological polar surface area (TPSA) is 27.7 Å². The summed E-state index contributed by atoms with van der Waals surface area (Å²) in [6.45, 7) is 13.6. The van der Waals surface area contributed by atoms with E-state index in [1.54, 1.807) is 0 Å². The highest BCUT2D eigenvalue weighted by Crippen LogP contribution is 2.58. The molecule has 0 radical (unpaired) electrons. The highest BCUT2D eigenvalue weighted by Gasteiger charge is 2.53. The Hall–Kier alpha value is 0.531. The number of fused-ring (bicyclic) bond motifs is 2. The lowest BCUT2D eigenvalue weighted by atomic mass is 9.78. The second kappa shape index (κ2) is 7.40. The van der Waals surface area contributed by atoms with Crippen molar-refractivity contribution in [2.24, 2.45) is 11.3 Å². The van der Waals surface area contributed by atoms with Crippen LogP contribution in [0.5, 0.6) is 0 Å². The van der Waals surface area contributed by atoms with Gasteiger partial charge < -0.3 is 13.3 Å². The van der Waals surface area contributed by atoms with E-state index in [1.807, 2.05) is 0 Å². The van der Waals surface area contributed by atoms with Crippen LogP contribution in [0.4, 0.5) is 0 Å². The van der Waals surface area contributed by atoms with E-state index in [0.29, 0.717) is 11.5 Å². The Morgan fingerprint density at radius 3 is 2.10 bits per heavy atom. The molecule has 21 heavy (non-hydrogen) atoms. The van der Waals surface area contributed by atoms with Gasteiger partial charge in [0.2, 0.25) is 0 Å². The molecule has 2 aliphatic carbocycles. The summed E-state index contributed by atoms with van der Waals surface area (Å²) in [4.78, 5) is 0. The summed E-state index contributed by atoms with van der Waals surface area (Å²) in [5.41, 5.74) is 0.360. The minimum absolute atomic E-state index is 0.0418. The molecule has 3 unspecified atom stereocenters. The minimum atomic E-state index is -1.06. The van der Waals surface area contributed by atoms with Gasteiger partial charge in [0.15, 0.2) is 27.1 Å². The van der Waals surface area contributed by atoms with Gasteiger partial charge in [-0.15, -0.1) is 0 Å². The summed E-state index contributed by atoms with van der Waals surface area (Å²) < 4.78 is 18.9. The third-order valence-corrected chi connectivity index (χ3v) is 7.40. The lowest BCUT2D eigenvalue weighted by Crippen LogP contribution is -2.41. The summed E-state index contributed by atoms with van der Waals surface area (Å²) in [5.74, 6) is 0.899. The van der Waals surface area contributed by atoms with Gasteiger partial charge in [-0.05, 0) is 70.9 Å². The highest BCUT2D eigenvalue weighted by molar-refractivity contribution is 6.49. The maximum Gasteiger partial charge on any atom is 0.174 e. The fraction of sp³-hybridized carbons (Fsp3) is 1.00. The zero-order chi connectivity index (χ0) is 15.6. The zero-order valence-corrected chi connectivity index (χ0v) is 18.2. The van der Waals surface area contributed by atoms with Gasteiger partial charge >= 0.3 is 0 Å². The van der Waals surface area contributed by atoms with Crippen LogP contribution in [0.2, 0.25) is 39.3 Å². The molecule has 3 nitrogen and oxygen atoms in total. The molecule has 6 heteroatoms. The molecular weight excluding hydrogens is 312 g/mol. The largest absolute Gasteiger partial charge is 0.417 e. The van der Waals surface area contributed by atoms with Gasteiger partial charge in [-0.1, -0.05) is 0 Å². The van der Waals surface area contributed by atoms with E-state index in [1.165, 1.54) is 25.7 Å². The Kier molecular flexibility index (Phi) is 6.30. The van der Waals surface area contributed by atoms with E-state index in [0.717, 1.165) is 12.3 Å². The van der Waals surface area contributed by atoms with Gasteiger partial charge in [0.25, 0.3) is 0 Å². The van der Waals surface area contributed by atoms with Crippen molar-refractivity contribution in [3.63, 3.8) is 0 Å². The van der Waals surface area contributed by atoms with Crippen LogP contribution in [0.25, 0.3) is 0 Å². The van der Waals surface area contributed by atoms with Crippen LogP contribution >= 0.6 is 0 Å². The van der Waals surface area contributed by atoms with Gasteiger partial charge in [0.1, 0.15) is 6.29 Å². The smallest absolute Gasteiger partial charge is 0.174 e. The Morgan fingerprint density at radius 2 is 1.62 bits per heavy atom. The molecule has 0 amide bonds. The lowest BCUT2D eigenvalue weighted by Gasteiger charge is -2.39. The van der Waals surface area contributed by atoms with Crippen molar-refractivity contribution < 1.29 is 13.3 Å². The first-order valence-corrected chi connectivity index (χ1v) is 17.1. The molecule has 0 N–H and O–H groups in total. The number of hydrogen-bond donors (Lipinski definition) is 0. The zero-order valence-electron chi connectivity index (χ0n) is 14.7. The minimum Gasteiger partial charge on any atom is -0.417 e. The quantitative estimate of drug-likeness (QED) is 0.499. The molecule has 0 aliphatic heterocycles. The Bertz CT molecular complexity index is 328. The molecular formula is C15H34O3Si3. The molecule has 2 rings (SSSR count). The van der Waals surface area contributed by atoms with Crippen molar-refractivity contribution in [3.05, 3.63) is 0 Å². The summed E-state index contributed by atoms with van der Waals surface area (Å²) in [6, 6.07) is 0. The van der Waals surface area contributed by atoms with E-state index < -0.39 is 27.1 Å². The van der Waals surface area contributed by atoms with Crippen molar-refractivity contribution in [2.75, 3.05) is 0 Å². The van der Waals surface area contributed by atoms with Crippen molar-refractivity contribution in [3.8, 4) is 0 Å². The van der Waals surface area contributed by atoms with Gasteiger partial charge in [-0.2, -0.15) is 0 Å². The Labute approximate surface area is 135 Å². The first-order valence-electron chi connectivity index (χ1n) is 8.77. The molecule has 2 fully saturated rings. The van der Waals surface area contributed by atoms with Crippen molar-refractivity contribution >= 4 is 27.1 Å². The molecule has 0 heterocycles. The fourth-order valence-electron chi connectivity index (χ4n) is 4.23. The Morgan fingerprint density at radius 1 is 1.00 bits per heavy atom. The monoisotopic (exact) mass is 346 g/mol. The van der Waals surface area contributed by atoms with E-state index in [9.17, 15) is 0 Å². The van der Waals surface area contributed by atoms with Gasteiger partial charge in [-0.25, -0.2) is 0 Å².